The molecule has 0 fully saturated rings. The summed E-state index contributed by atoms with van der Waals surface area (Å²) in [6.45, 7) is 0. The maximum Gasteiger partial charge on any atom is 0.118 e. The fourth-order valence-electron chi connectivity index (χ4n) is 1.64. The van der Waals surface area contributed by atoms with E-state index < -0.39 is 0 Å². The molecule has 3 heteroatoms. The van der Waals surface area contributed by atoms with Crippen molar-refractivity contribution in [1.82, 2.24) is 0 Å². The largest absolute Gasteiger partial charge is 0.497 e. The third-order valence-corrected chi connectivity index (χ3v) is 4.01. The third-order valence-electron chi connectivity index (χ3n) is 2.56. The van der Waals surface area contributed by atoms with Gasteiger partial charge in [0.2, 0.25) is 0 Å². The molecule has 0 atom stereocenters. The normalized spacial score (nSPS) is 10.3. The molecule has 1 nitrogen and oxygen atoms in total. The van der Waals surface area contributed by atoms with Gasteiger partial charge in [0.05, 0.1) is 7.11 Å². The lowest BCUT2D eigenvalue weighted by atomic mass is 10.1. The first-order chi connectivity index (χ1) is 8.19. The molecule has 88 valence electrons. The van der Waals surface area contributed by atoms with Gasteiger partial charge in [0, 0.05) is 8.04 Å². The summed E-state index contributed by atoms with van der Waals surface area (Å²) in [5, 5.41) is 0. The molecule has 0 aliphatic carbocycles. The number of methoxy groups -OCH3 is 1. The first-order valence-electron chi connectivity index (χ1n) is 5.26. The van der Waals surface area contributed by atoms with E-state index in [1.165, 1.54) is 14.7 Å². The van der Waals surface area contributed by atoms with Gasteiger partial charge in [-0.3, -0.25) is 0 Å². The Labute approximate surface area is 123 Å². The number of hydrogen-bond acceptors (Lipinski definition) is 1. The van der Waals surface area contributed by atoms with Gasteiger partial charge in [-0.2, -0.15) is 0 Å². The molecule has 2 aromatic carbocycles. The number of ether oxygens (including phenoxy) is 1. The Morgan fingerprint density at radius 2 is 1.82 bits per heavy atom. The average Bonchev–Trinajstić information content (AvgIpc) is 2.35. The zero-order valence-corrected chi connectivity index (χ0v) is 13.2. The predicted molar refractivity (Wildman–Crippen MR) is 82.7 cm³/mol. The molecule has 17 heavy (non-hydrogen) atoms. The maximum atomic E-state index is 5.15. The summed E-state index contributed by atoms with van der Waals surface area (Å²) in [7, 11) is 1.69. The van der Waals surface area contributed by atoms with Crippen LogP contribution >= 0.6 is 38.5 Å². The van der Waals surface area contributed by atoms with Gasteiger partial charge in [0.15, 0.2) is 0 Å². The van der Waals surface area contributed by atoms with Crippen molar-refractivity contribution in [2.75, 3.05) is 7.11 Å². The van der Waals surface area contributed by atoms with Gasteiger partial charge in [0.25, 0.3) is 0 Å². The highest BCUT2D eigenvalue weighted by Gasteiger charge is 2.02. The summed E-state index contributed by atoms with van der Waals surface area (Å²) in [5.41, 5.74) is 2.59. The van der Waals surface area contributed by atoms with Crippen LogP contribution in [0.2, 0.25) is 0 Å². The maximum absolute atomic E-state index is 5.15. The highest BCUT2D eigenvalue weighted by atomic mass is 127. The van der Waals surface area contributed by atoms with Crippen LogP contribution in [0, 0.1) is 3.57 Å². The van der Waals surface area contributed by atoms with E-state index in [1.807, 2.05) is 12.1 Å². The molecule has 0 amide bonds. The van der Waals surface area contributed by atoms with Crippen LogP contribution in [0.4, 0.5) is 0 Å². The topological polar surface area (TPSA) is 9.23 Å². The molecule has 0 saturated heterocycles. The summed E-state index contributed by atoms with van der Waals surface area (Å²) in [6, 6.07) is 14.6. The van der Waals surface area contributed by atoms with E-state index >= 15 is 0 Å². The van der Waals surface area contributed by atoms with Crippen molar-refractivity contribution in [3.63, 3.8) is 0 Å². The molecule has 0 aliphatic rings. The summed E-state index contributed by atoms with van der Waals surface area (Å²) in [5.74, 6) is 0.899. The van der Waals surface area contributed by atoms with Crippen molar-refractivity contribution < 1.29 is 4.74 Å². The number of halogens is 2. The number of hydrogen-bond donors (Lipinski definition) is 0. The Bertz CT molecular complexity index is 508. The van der Waals surface area contributed by atoms with Crippen LogP contribution in [0.25, 0.3) is 0 Å². The minimum absolute atomic E-state index is 0.899. The van der Waals surface area contributed by atoms with Crippen LogP contribution in [-0.4, -0.2) is 7.11 Å². The van der Waals surface area contributed by atoms with Gasteiger partial charge >= 0.3 is 0 Å². The lowest BCUT2D eigenvalue weighted by Gasteiger charge is -2.06. The lowest BCUT2D eigenvalue weighted by Crippen LogP contribution is -1.91. The fraction of sp³-hybridized carbons (Fsp3) is 0.143. The van der Waals surface area contributed by atoms with Crippen LogP contribution in [0.15, 0.2) is 46.9 Å². The summed E-state index contributed by atoms with van der Waals surface area (Å²) >= 11 is 5.92. The van der Waals surface area contributed by atoms with E-state index in [4.69, 9.17) is 4.74 Å². The first kappa shape index (κ1) is 12.9. The Morgan fingerprint density at radius 3 is 2.47 bits per heavy atom. The second-order valence-electron chi connectivity index (χ2n) is 3.76. The van der Waals surface area contributed by atoms with E-state index in [-0.39, 0.29) is 0 Å². The minimum Gasteiger partial charge on any atom is -0.497 e. The molecule has 2 aromatic rings. The van der Waals surface area contributed by atoms with Crippen LogP contribution < -0.4 is 4.74 Å². The van der Waals surface area contributed by atoms with Crippen molar-refractivity contribution in [2.45, 2.75) is 6.42 Å². The smallest absolute Gasteiger partial charge is 0.118 e. The Morgan fingerprint density at radius 1 is 1.12 bits per heavy atom. The molecule has 0 aliphatic heterocycles. The number of benzene rings is 2. The van der Waals surface area contributed by atoms with Gasteiger partial charge in [-0.05, 0) is 70.5 Å². The second kappa shape index (κ2) is 5.87. The van der Waals surface area contributed by atoms with Crippen molar-refractivity contribution >= 4 is 38.5 Å². The van der Waals surface area contributed by atoms with Crippen LogP contribution in [0.3, 0.4) is 0 Å². The molecular formula is C14H12BrIO. The second-order valence-corrected chi connectivity index (χ2v) is 5.86. The van der Waals surface area contributed by atoms with Crippen LogP contribution in [0.5, 0.6) is 5.75 Å². The molecule has 0 spiro atoms. The highest BCUT2D eigenvalue weighted by molar-refractivity contribution is 14.1. The highest BCUT2D eigenvalue weighted by Crippen LogP contribution is 2.23. The average molecular weight is 403 g/mol. The quantitative estimate of drug-likeness (QED) is 0.679. The van der Waals surface area contributed by atoms with Crippen molar-refractivity contribution in [1.29, 1.82) is 0 Å². The van der Waals surface area contributed by atoms with E-state index in [2.05, 4.69) is 68.9 Å². The van der Waals surface area contributed by atoms with Crippen molar-refractivity contribution in [3.05, 3.63) is 61.6 Å². The lowest BCUT2D eigenvalue weighted by molar-refractivity contribution is 0.414. The molecule has 0 N–H and O–H groups in total. The van der Waals surface area contributed by atoms with Gasteiger partial charge in [-0.15, -0.1) is 0 Å². The third kappa shape index (κ3) is 3.45. The minimum atomic E-state index is 0.899. The van der Waals surface area contributed by atoms with Crippen LogP contribution in [-0.2, 0) is 6.42 Å². The van der Waals surface area contributed by atoms with E-state index in [1.54, 1.807) is 7.11 Å². The molecule has 0 heterocycles. The zero-order valence-electron chi connectivity index (χ0n) is 9.41. The van der Waals surface area contributed by atoms with Crippen molar-refractivity contribution in [2.24, 2.45) is 0 Å². The number of rotatable bonds is 3. The van der Waals surface area contributed by atoms with Crippen LogP contribution in [0.1, 0.15) is 11.1 Å². The predicted octanol–water partition coefficient (Wildman–Crippen LogP) is 4.65. The van der Waals surface area contributed by atoms with Crippen molar-refractivity contribution in [3.8, 4) is 5.75 Å². The Balaban J connectivity index is 2.22. The van der Waals surface area contributed by atoms with Gasteiger partial charge in [-0.1, -0.05) is 28.1 Å². The SMILES string of the molecule is COc1ccc(Cc2cc(I)ccc2Br)cc1. The van der Waals surface area contributed by atoms with Gasteiger partial charge in [0.1, 0.15) is 5.75 Å². The van der Waals surface area contributed by atoms with Gasteiger partial charge in [-0.25, -0.2) is 0 Å². The Hall–Kier alpha value is -0.550. The summed E-state index contributed by atoms with van der Waals surface area (Å²) < 4.78 is 7.57. The Kier molecular flexibility index (Phi) is 4.45. The zero-order chi connectivity index (χ0) is 12.3. The molecule has 0 aromatic heterocycles. The summed E-state index contributed by atoms with van der Waals surface area (Å²) in [6.07, 6.45) is 0.932. The van der Waals surface area contributed by atoms with E-state index in [0.717, 1.165) is 16.6 Å². The molecule has 0 saturated carbocycles. The molecule has 0 unspecified atom stereocenters. The monoisotopic (exact) mass is 402 g/mol. The van der Waals surface area contributed by atoms with Gasteiger partial charge < -0.3 is 4.74 Å². The summed E-state index contributed by atoms with van der Waals surface area (Å²) in [4.78, 5) is 0. The first-order valence-corrected chi connectivity index (χ1v) is 7.13. The molecule has 0 bridgehead atoms. The van der Waals surface area contributed by atoms with E-state index in [9.17, 15) is 0 Å². The fourth-order valence-corrected chi connectivity index (χ4v) is 2.58. The molecule has 0 radical (unpaired) electrons. The van der Waals surface area contributed by atoms with E-state index in [0.29, 0.717) is 0 Å². The molecule has 2 rings (SSSR count). The standard InChI is InChI=1S/C14H12BrIO/c1-17-13-5-2-10(3-6-13)8-11-9-12(16)4-7-14(11)15/h2-7,9H,8H2,1H3. The molecular weight excluding hydrogens is 391 g/mol.